The van der Waals surface area contributed by atoms with E-state index in [4.69, 9.17) is 5.73 Å². The molecule has 2 rings (SSSR count). The topological polar surface area (TPSA) is 26.0 Å². The molecule has 2 aromatic carbocycles. The molecule has 0 aliphatic rings. The summed E-state index contributed by atoms with van der Waals surface area (Å²) in [5.41, 5.74) is 13.0. The second-order valence-corrected chi connectivity index (χ2v) is 5.30. The van der Waals surface area contributed by atoms with Gasteiger partial charge in [0.25, 0.3) is 0 Å². The van der Waals surface area contributed by atoms with Crippen molar-refractivity contribution in [3.8, 4) is 0 Å². The summed E-state index contributed by atoms with van der Waals surface area (Å²) in [5, 5.41) is 0. The summed E-state index contributed by atoms with van der Waals surface area (Å²) < 4.78 is 0. The molecule has 0 aromatic heterocycles. The van der Waals surface area contributed by atoms with E-state index in [1.54, 1.807) is 0 Å². The number of benzene rings is 2. The van der Waals surface area contributed by atoms with E-state index >= 15 is 0 Å². The van der Waals surface area contributed by atoms with Crippen LogP contribution in [-0.2, 0) is 0 Å². The minimum atomic E-state index is 0.781. The highest BCUT2D eigenvalue weighted by atomic mass is 14.5. The van der Waals surface area contributed by atoms with Crippen LogP contribution in [0.3, 0.4) is 0 Å². The summed E-state index contributed by atoms with van der Waals surface area (Å²) in [6, 6.07) is 16.1. The van der Waals surface area contributed by atoms with Gasteiger partial charge in [-0.2, -0.15) is 0 Å². The van der Waals surface area contributed by atoms with Gasteiger partial charge in [-0.3, -0.25) is 0 Å². The zero-order valence-corrected chi connectivity index (χ0v) is 12.7. The summed E-state index contributed by atoms with van der Waals surface area (Å²) in [5.74, 6) is 0. The molecule has 0 aliphatic heterocycles. The van der Waals surface area contributed by atoms with Gasteiger partial charge in [-0.1, -0.05) is 55.1 Å². The van der Waals surface area contributed by atoms with Crippen molar-refractivity contribution in [1.82, 2.24) is 0 Å². The maximum absolute atomic E-state index is 5.81. The number of rotatable bonds is 4. The van der Waals surface area contributed by atoms with E-state index in [9.17, 15) is 0 Å². The van der Waals surface area contributed by atoms with Gasteiger partial charge in [-0.05, 0) is 59.9 Å². The molecule has 0 bridgehead atoms. The van der Waals surface area contributed by atoms with Gasteiger partial charge in [0.15, 0.2) is 0 Å². The summed E-state index contributed by atoms with van der Waals surface area (Å²) in [4.78, 5) is 0. The Labute approximate surface area is 127 Å². The predicted octanol–water partition coefficient (Wildman–Crippen LogP) is 5.25. The number of nitrogens with two attached hydrogens (primary N) is 1. The van der Waals surface area contributed by atoms with Crippen LogP contribution in [0.4, 0.5) is 5.69 Å². The molecule has 0 unspecified atom stereocenters. The molecule has 2 aromatic rings. The summed E-state index contributed by atoms with van der Waals surface area (Å²) >= 11 is 0. The van der Waals surface area contributed by atoms with Crippen molar-refractivity contribution in [2.24, 2.45) is 0 Å². The largest absolute Gasteiger partial charge is 0.399 e. The Bertz CT molecular complexity index is 706. The molecule has 0 saturated heterocycles. The first-order valence-corrected chi connectivity index (χ1v) is 6.97. The lowest BCUT2D eigenvalue weighted by Gasteiger charge is -2.12. The second kappa shape index (κ2) is 6.27. The van der Waals surface area contributed by atoms with Crippen LogP contribution in [0.25, 0.3) is 11.6 Å². The number of allylic oxidation sites excluding steroid dienone is 3. The molecular formula is C20H21N. The minimum Gasteiger partial charge on any atom is -0.399 e. The molecule has 0 spiro atoms. The van der Waals surface area contributed by atoms with Crippen molar-refractivity contribution in [2.75, 3.05) is 5.73 Å². The third kappa shape index (κ3) is 3.51. The van der Waals surface area contributed by atoms with E-state index in [1.807, 2.05) is 43.3 Å². The molecule has 1 nitrogen and oxygen atoms in total. The summed E-state index contributed by atoms with van der Waals surface area (Å²) in [6.45, 7) is 12.4. The van der Waals surface area contributed by atoms with Crippen molar-refractivity contribution < 1.29 is 0 Å². The Balaban J connectivity index is 2.46. The van der Waals surface area contributed by atoms with Gasteiger partial charge in [0.2, 0.25) is 0 Å². The molecule has 0 heterocycles. The highest BCUT2D eigenvalue weighted by Crippen LogP contribution is 2.29. The average molecular weight is 275 g/mol. The SMILES string of the molecule is C=C(C)/C(=C\c1ccc(N)cc1C)C(=C)c1ccccc1. The average Bonchev–Trinajstić information content (AvgIpc) is 2.46. The highest BCUT2D eigenvalue weighted by molar-refractivity contribution is 5.87. The van der Waals surface area contributed by atoms with Gasteiger partial charge >= 0.3 is 0 Å². The van der Waals surface area contributed by atoms with Gasteiger partial charge in [-0.25, -0.2) is 0 Å². The molecular weight excluding hydrogens is 254 g/mol. The molecule has 0 radical (unpaired) electrons. The van der Waals surface area contributed by atoms with Crippen molar-refractivity contribution in [2.45, 2.75) is 13.8 Å². The number of hydrogen-bond donors (Lipinski definition) is 1. The lowest BCUT2D eigenvalue weighted by atomic mass is 9.92. The van der Waals surface area contributed by atoms with Crippen molar-refractivity contribution in [3.05, 3.63) is 89.5 Å². The molecule has 1 heteroatoms. The maximum Gasteiger partial charge on any atom is 0.0317 e. The Hall–Kier alpha value is -2.54. The normalized spacial score (nSPS) is 11.2. The molecule has 0 amide bonds. The predicted molar refractivity (Wildman–Crippen MR) is 93.9 cm³/mol. The molecule has 0 aliphatic carbocycles. The Morgan fingerprint density at radius 2 is 1.71 bits per heavy atom. The van der Waals surface area contributed by atoms with E-state index in [0.717, 1.165) is 39.1 Å². The number of anilines is 1. The van der Waals surface area contributed by atoms with Gasteiger partial charge < -0.3 is 5.73 Å². The Kier molecular flexibility index (Phi) is 4.44. The van der Waals surface area contributed by atoms with Gasteiger partial charge in [0.05, 0.1) is 0 Å². The van der Waals surface area contributed by atoms with Crippen LogP contribution in [0.5, 0.6) is 0 Å². The van der Waals surface area contributed by atoms with Gasteiger partial charge in [0, 0.05) is 5.69 Å². The zero-order valence-electron chi connectivity index (χ0n) is 12.7. The molecule has 0 saturated carbocycles. The molecule has 2 N–H and O–H groups in total. The first kappa shape index (κ1) is 14.9. The third-order valence-corrected chi connectivity index (χ3v) is 3.50. The summed E-state index contributed by atoms with van der Waals surface area (Å²) in [6.07, 6.45) is 2.13. The third-order valence-electron chi connectivity index (χ3n) is 3.50. The highest BCUT2D eigenvalue weighted by Gasteiger charge is 2.07. The van der Waals surface area contributed by atoms with Crippen molar-refractivity contribution in [3.63, 3.8) is 0 Å². The Morgan fingerprint density at radius 3 is 2.29 bits per heavy atom. The fraction of sp³-hybridized carbons (Fsp3) is 0.100. The van der Waals surface area contributed by atoms with E-state index in [-0.39, 0.29) is 0 Å². The molecule has 21 heavy (non-hydrogen) atoms. The minimum absolute atomic E-state index is 0.781. The monoisotopic (exact) mass is 275 g/mol. The number of hydrogen-bond acceptors (Lipinski definition) is 1. The first-order chi connectivity index (χ1) is 9.99. The van der Waals surface area contributed by atoms with Gasteiger partial charge in [-0.15, -0.1) is 0 Å². The Morgan fingerprint density at radius 1 is 1.05 bits per heavy atom. The smallest absolute Gasteiger partial charge is 0.0317 e. The number of nitrogen functional groups attached to an aromatic ring is 1. The van der Waals surface area contributed by atoms with Crippen LogP contribution in [0.15, 0.2) is 72.8 Å². The van der Waals surface area contributed by atoms with E-state index in [1.165, 1.54) is 0 Å². The van der Waals surface area contributed by atoms with E-state index < -0.39 is 0 Å². The van der Waals surface area contributed by atoms with Crippen LogP contribution in [0.2, 0.25) is 0 Å². The van der Waals surface area contributed by atoms with Crippen LogP contribution >= 0.6 is 0 Å². The van der Waals surface area contributed by atoms with E-state index in [0.29, 0.717) is 0 Å². The van der Waals surface area contributed by atoms with Crippen LogP contribution < -0.4 is 5.73 Å². The van der Waals surface area contributed by atoms with Gasteiger partial charge in [0.1, 0.15) is 0 Å². The van der Waals surface area contributed by atoms with Crippen LogP contribution in [0.1, 0.15) is 23.6 Å². The first-order valence-electron chi connectivity index (χ1n) is 6.97. The lowest BCUT2D eigenvalue weighted by molar-refractivity contribution is 1.42. The van der Waals surface area contributed by atoms with Crippen molar-refractivity contribution >= 4 is 17.3 Å². The van der Waals surface area contributed by atoms with E-state index in [2.05, 4.69) is 38.3 Å². The fourth-order valence-corrected chi connectivity index (χ4v) is 2.28. The number of aryl methyl sites for hydroxylation is 1. The van der Waals surface area contributed by atoms with Crippen LogP contribution in [0, 0.1) is 6.92 Å². The molecule has 0 fully saturated rings. The standard InChI is InChI=1S/C20H21N/c1-14(2)20(16(4)17-8-6-5-7-9-17)13-18-10-11-19(21)12-15(18)3/h5-13H,1,4,21H2,2-3H3/b20-13+. The summed E-state index contributed by atoms with van der Waals surface area (Å²) in [7, 11) is 0. The molecule has 106 valence electrons. The van der Waals surface area contributed by atoms with Crippen molar-refractivity contribution in [1.29, 1.82) is 0 Å². The fourth-order valence-electron chi connectivity index (χ4n) is 2.28. The lowest BCUT2D eigenvalue weighted by Crippen LogP contribution is -1.92. The zero-order chi connectivity index (χ0) is 15.4. The maximum atomic E-state index is 5.81. The quantitative estimate of drug-likeness (QED) is 0.598. The second-order valence-electron chi connectivity index (χ2n) is 5.30. The molecule has 0 atom stereocenters. The van der Waals surface area contributed by atoms with Crippen LogP contribution in [-0.4, -0.2) is 0 Å².